The second-order valence-corrected chi connectivity index (χ2v) is 6.79. The molecule has 2 amide bonds. The summed E-state index contributed by atoms with van der Waals surface area (Å²) in [6.45, 7) is 2.13. The number of benzene rings is 1. The molecule has 0 spiro atoms. The maximum atomic E-state index is 12.1. The Bertz CT molecular complexity index is 784. The van der Waals surface area contributed by atoms with E-state index in [0.717, 1.165) is 24.2 Å². The Morgan fingerprint density at radius 3 is 2.39 bits per heavy atom. The number of pyridine rings is 1. The Labute approximate surface area is 164 Å². The van der Waals surface area contributed by atoms with Gasteiger partial charge in [0.05, 0.1) is 24.1 Å². The molecular formula is C21H26N4O3. The number of nitrogens with zero attached hydrogens (tertiary/aromatic N) is 1. The summed E-state index contributed by atoms with van der Waals surface area (Å²) in [6.07, 6.45) is 7.32. The van der Waals surface area contributed by atoms with Gasteiger partial charge in [-0.1, -0.05) is 19.3 Å². The molecule has 1 heterocycles. The van der Waals surface area contributed by atoms with Crippen LogP contribution in [-0.2, 0) is 4.74 Å². The molecule has 0 atom stereocenters. The van der Waals surface area contributed by atoms with Gasteiger partial charge in [0.15, 0.2) is 0 Å². The fourth-order valence-corrected chi connectivity index (χ4v) is 3.20. The van der Waals surface area contributed by atoms with E-state index in [1.165, 1.54) is 19.3 Å². The first kappa shape index (κ1) is 19.7. The minimum absolute atomic E-state index is 0.213. The fraction of sp³-hybridized carbons (Fsp3) is 0.381. The lowest BCUT2D eigenvalue weighted by Gasteiger charge is -2.22. The number of aromatic nitrogens is 1. The molecule has 2 aromatic rings. The topological polar surface area (TPSA) is 92.4 Å². The molecule has 1 fully saturated rings. The molecule has 0 radical (unpaired) electrons. The van der Waals surface area contributed by atoms with Gasteiger partial charge in [-0.2, -0.15) is 0 Å². The van der Waals surface area contributed by atoms with Crippen LogP contribution in [0.1, 0.15) is 49.4 Å². The lowest BCUT2D eigenvalue weighted by atomic mass is 9.96. The largest absolute Gasteiger partial charge is 0.462 e. The van der Waals surface area contributed by atoms with Crippen molar-refractivity contribution in [3.05, 3.63) is 48.2 Å². The minimum Gasteiger partial charge on any atom is -0.462 e. The van der Waals surface area contributed by atoms with Crippen molar-refractivity contribution in [3.63, 3.8) is 0 Å². The van der Waals surface area contributed by atoms with Gasteiger partial charge in [0.2, 0.25) is 0 Å². The standard InChI is InChI=1S/C21H26N4O3/c1-2-28-20(26)15-8-10-17(11-9-15)23-18-12-13-19(22-14-18)25-21(27)24-16-6-4-3-5-7-16/h8-14,16,23H,2-7H2,1H3,(H2,22,24,25,27). The first-order valence-electron chi connectivity index (χ1n) is 9.72. The van der Waals surface area contributed by atoms with E-state index in [0.29, 0.717) is 18.0 Å². The van der Waals surface area contributed by atoms with Crippen LogP contribution in [0.5, 0.6) is 0 Å². The first-order valence-corrected chi connectivity index (χ1v) is 9.72. The molecule has 7 nitrogen and oxygen atoms in total. The third-order valence-corrected chi connectivity index (χ3v) is 4.63. The van der Waals surface area contributed by atoms with Crippen molar-refractivity contribution in [2.75, 3.05) is 17.2 Å². The number of carbonyl (C=O) groups excluding carboxylic acids is 2. The second-order valence-electron chi connectivity index (χ2n) is 6.79. The summed E-state index contributed by atoms with van der Waals surface area (Å²) in [7, 11) is 0. The summed E-state index contributed by atoms with van der Waals surface area (Å²) in [4.78, 5) is 28.0. The molecule has 7 heteroatoms. The average molecular weight is 382 g/mol. The molecule has 148 valence electrons. The van der Waals surface area contributed by atoms with E-state index in [2.05, 4.69) is 20.9 Å². The number of anilines is 3. The highest BCUT2D eigenvalue weighted by Gasteiger charge is 2.15. The maximum Gasteiger partial charge on any atom is 0.338 e. The summed E-state index contributed by atoms with van der Waals surface area (Å²) in [6, 6.07) is 10.6. The molecule has 1 aliphatic rings. The molecule has 1 aromatic heterocycles. The van der Waals surface area contributed by atoms with Crippen LogP contribution in [-0.4, -0.2) is 29.6 Å². The van der Waals surface area contributed by atoms with Crippen LogP contribution in [0.25, 0.3) is 0 Å². The monoisotopic (exact) mass is 382 g/mol. The highest BCUT2D eigenvalue weighted by atomic mass is 16.5. The Balaban J connectivity index is 1.51. The van der Waals surface area contributed by atoms with Gasteiger partial charge in [-0.3, -0.25) is 5.32 Å². The normalized spacial score (nSPS) is 14.2. The summed E-state index contributed by atoms with van der Waals surface area (Å²) >= 11 is 0. The van der Waals surface area contributed by atoms with Crippen molar-refractivity contribution in [1.82, 2.24) is 10.3 Å². The molecule has 0 aliphatic heterocycles. The zero-order chi connectivity index (χ0) is 19.8. The fourth-order valence-electron chi connectivity index (χ4n) is 3.20. The van der Waals surface area contributed by atoms with E-state index >= 15 is 0 Å². The number of hydrogen-bond acceptors (Lipinski definition) is 5. The number of urea groups is 1. The van der Waals surface area contributed by atoms with E-state index < -0.39 is 0 Å². The molecule has 0 unspecified atom stereocenters. The van der Waals surface area contributed by atoms with Crippen LogP contribution >= 0.6 is 0 Å². The minimum atomic E-state index is -0.336. The Kier molecular flexibility index (Phi) is 6.84. The molecule has 3 N–H and O–H groups in total. The Morgan fingerprint density at radius 2 is 1.75 bits per heavy atom. The van der Waals surface area contributed by atoms with E-state index in [-0.39, 0.29) is 18.0 Å². The lowest BCUT2D eigenvalue weighted by Crippen LogP contribution is -2.39. The van der Waals surface area contributed by atoms with Crippen molar-refractivity contribution in [2.45, 2.75) is 45.1 Å². The predicted octanol–water partition coefficient (Wildman–Crippen LogP) is 4.46. The highest BCUT2D eigenvalue weighted by molar-refractivity contribution is 5.90. The number of carbonyl (C=O) groups is 2. The highest BCUT2D eigenvalue weighted by Crippen LogP contribution is 2.19. The van der Waals surface area contributed by atoms with Gasteiger partial charge in [-0.15, -0.1) is 0 Å². The van der Waals surface area contributed by atoms with Crippen LogP contribution in [0.2, 0.25) is 0 Å². The quantitative estimate of drug-likeness (QED) is 0.642. The molecule has 1 aromatic carbocycles. The van der Waals surface area contributed by atoms with Crippen molar-refractivity contribution < 1.29 is 14.3 Å². The van der Waals surface area contributed by atoms with Gasteiger partial charge in [-0.05, 0) is 56.2 Å². The van der Waals surface area contributed by atoms with E-state index in [1.807, 2.05) is 6.07 Å². The summed E-state index contributed by atoms with van der Waals surface area (Å²) in [5, 5.41) is 8.98. The van der Waals surface area contributed by atoms with Crippen LogP contribution in [0.4, 0.5) is 22.0 Å². The number of ether oxygens (including phenoxy) is 1. The molecular weight excluding hydrogens is 356 g/mol. The van der Waals surface area contributed by atoms with E-state index in [9.17, 15) is 9.59 Å². The Hall–Kier alpha value is -3.09. The molecule has 1 saturated carbocycles. The maximum absolute atomic E-state index is 12.1. The van der Waals surface area contributed by atoms with E-state index in [1.54, 1.807) is 43.5 Å². The predicted molar refractivity (Wildman–Crippen MR) is 109 cm³/mol. The van der Waals surface area contributed by atoms with Crippen LogP contribution in [0.3, 0.4) is 0 Å². The van der Waals surface area contributed by atoms with Gasteiger partial charge in [0, 0.05) is 11.7 Å². The number of hydrogen-bond donors (Lipinski definition) is 3. The van der Waals surface area contributed by atoms with Crippen molar-refractivity contribution in [1.29, 1.82) is 0 Å². The lowest BCUT2D eigenvalue weighted by molar-refractivity contribution is 0.0526. The van der Waals surface area contributed by atoms with Crippen molar-refractivity contribution in [2.24, 2.45) is 0 Å². The molecule has 1 aliphatic carbocycles. The Morgan fingerprint density at radius 1 is 1.04 bits per heavy atom. The third kappa shape index (κ3) is 5.70. The number of amides is 2. The zero-order valence-corrected chi connectivity index (χ0v) is 16.0. The number of rotatable bonds is 6. The average Bonchev–Trinajstić information content (AvgIpc) is 2.71. The van der Waals surface area contributed by atoms with Crippen LogP contribution < -0.4 is 16.0 Å². The number of nitrogens with one attached hydrogen (secondary N) is 3. The van der Waals surface area contributed by atoms with E-state index in [4.69, 9.17) is 4.74 Å². The third-order valence-electron chi connectivity index (χ3n) is 4.63. The molecule has 0 saturated heterocycles. The molecule has 28 heavy (non-hydrogen) atoms. The van der Waals surface area contributed by atoms with Crippen molar-refractivity contribution >= 4 is 29.2 Å². The van der Waals surface area contributed by atoms with Crippen LogP contribution in [0.15, 0.2) is 42.6 Å². The van der Waals surface area contributed by atoms with Crippen molar-refractivity contribution in [3.8, 4) is 0 Å². The number of esters is 1. The van der Waals surface area contributed by atoms with Gasteiger partial charge in [0.25, 0.3) is 0 Å². The molecule has 0 bridgehead atoms. The summed E-state index contributed by atoms with van der Waals surface area (Å²) < 4.78 is 4.97. The molecule has 3 rings (SSSR count). The smallest absolute Gasteiger partial charge is 0.338 e. The van der Waals surface area contributed by atoms with Gasteiger partial charge < -0.3 is 15.4 Å². The van der Waals surface area contributed by atoms with Gasteiger partial charge in [-0.25, -0.2) is 14.6 Å². The van der Waals surface area contributed by atoms with Crippen LogP contribution in [0, 0.1) is 0 Å². The van der Waals surface area contributed by atoms with Gasteiger partial charge in [0.1, 0.15) is 5.82 Å². The summed E-state index contributed by atoms with van der Waals surface area (Å²) in [5.74, 6) is 0.161. The zero-order valence-electron chi connectivity index (χ0n) is 16.0. The van der Waals surface area contributed by atoms with Gasteiger partial charge >= 0.3 is 12.0 Å². The SMILES string of the molecule is CCOC(=O)c1ccc(Nc2ccc(NC(=O)NC3CCCCC3)nc2)cc1. The first-order chi connectivity index (χ1) is 13.6. The second kappa shape index (κ2) is 9.73. The summed E-state index contributed by atoms with van der Waals surface area (Å²) in [5.41, 5.74) is 2.11.